The molecule has 0 bridgehead atoms. The number of hydrogen-bond donors (Lipinski definition) is 1. The first-order valence-electron chi connectivity index (χ1n) is 11.2. The Morgan fingerprint density at radius 1 is 0.903 bits per heavy atom. The Labute approximate surface area is 185 Å². The smallest absolute Gasteiger partial charge is 0.338 e. The topological polar surface area (TPSA) is 72.8 Å². The van der Waals surface area contributed by atoms with E-state index < -0.39 is 0 Å². The first-order chi connectivity index (χ1) is 15.0. The van der Waals surface area contributed by atoms with Crippen molar-refractivity contribution in [2.45, 2.75) is 58.8 Å². The van der Waals surface area contributed by atoms with E-state index in [4.69, 9.17) is 9.47 Å². The number of carbonyl (C=O) groups is 2. The van der Waals surface area contributed by atoms with Gasteiger partial charge in [-0.1, -0.05) is 43.2 Å². The van der Waals surface area contributed by atoms with Gasteiger partial charge in [0.05, 0.1) is 18.8 Å². The quantitative estimate of drug-likeness (QED) is 0.339. The monoisotopic (exact) mass is 426 g/mol. The molecule has 0 spiro atoms. The van der Waals surface area contributed by atoms with Crippen molar-refractivity contribution in [3.63, 3.8) is 0 Å². The van der Waals surface area contributed by atoms with Crippen LogP contribution in [0.3, 0.4) is 0 Å². The zero-order chi connectivity index (χ0) is 22.5. The maximum absolute atomic E-state index is 11.9. The fraction of sp³-hybridized carbons (Fsp3) is 0.462. The summed E-state index contributed by atoms with van der Waals surface area (Å²) >= 11 is 0. The van der Waals surface area contributed by atoms with Crippen LogP contribution in [0.25, 0.3) is 0 Å². The molecule has 0 aliphatic heterocycles. The Hall–Kier alpha value is -2.82. The lowest BCUT2D eigenvalue weighted by atomic mass is 9.88. The van der Waals surface area contributed by atoms with Crippen molar-refractivity contribution in [2.75, 3.05) is 13.2 Å². The van der Waals surface area contributed by atoms with Gasteiger partial charge in [0.2, 0.25) is 0 Å². The Balaban J connectivity index is 1.96. The number of ether oxygens (including phenoxy) is 2. The van der Waals surface area contributed by atoms with Crippen molar-refractivity contribution in [1.29, 1.82) is 0 Å². The molecule has 168 valence electrons. The zero-order valence-corrected chi connectivity index (χ0v) is 18.6. The molecule has 2 aromatic rings. The molecule has 0 aromatic heterocycles. The summed E-state index contributed by atoms with van der Waals surface area (Å²) in [6, 6.07) is 15.0. The number of unbranched alkanes of at least 4 members (excludes halogenated alkanes) is 1. The van der Waals surface area contributed by atoms with Crippen LogP contribution in [0, 0.1) is 5.92 Å². The molecule has 0 saturated carbocycles. The first kappa shape index (κ1) is 24.4. The molecule has 31 heavy (non-hydrogen) atoms. The lowest BCUT2D eigenvalue weighted by Crippen LogP contribution is -2.09. The van der Waals surface area contributed by atoms with Gasteiger partial charge in [0.25, 0.3) is 0 Å². The van der Waals surface area contributed by atoms with E-state index in [-0.39, 0.29) is 11.9 Å². The molecule has 0 amide bonds. The molecular weight excluding hydrogens is 392 g/mol. The molecule has 2 rings (SSSR count). The van der Waals surface area contributed by atoms with Gasteiger partial charge in [-0.2, -0.15) is 0 Å². The lowest BCUT2D eigenvalue weighted by molar-refractivity contribution is -0.143. The summed E-state index contributed by atoms with van der Waals surface area (Å²) < 4.78 is 10.1. The Morgan fingerprint density at radius 2 is 1.61 bits per heavy atom. The number of phenolic OH excluding ortho intramolecular Hbond substituents is 1. The van der Waals surface area contributed by atoms with Gasteiger partial charge in [-0.3, -0.25) is 4.79 Å². The number of esters is 2. The highest BCUT2D eigenvalue weighted by Crippen LogP contribution is 2.25. The molecule has 0 aliphatic carbocycles. The van der Waals surface area contributed by atoms with E-state index in [1.807, 2.05) is 49.4 Å². The van der Waals surface area contributed by atoms with Gasteiger partial charge in [-0.15, -0.1) is 0 Å². The third kappa shape index (κ3) is 8.83. The average Bonchev–Trinajstić information content (AvgIpc) is 2.76. The summed E-state index contributed by atoms with van der Waals surface area (Å²) in [6.45, 7) is 4.40. The fourth-order valence-electron chi connectivity index (χ4n) is 3.69. The minimum atomic E-state index is -0.302. The number of para-hydroxylation sites is 1. The molecule has 0 saturated heterocycles. The minimum Gasteiger partial charge on any atom is -0.508 e. The van der Waals surface area contributed by atoms with Crippen molar-refractivity contribution < 1.29 is 24.2 Å². The molecule has 1 unspecified atom stereocenters. The van der Waals surface area contributed by atoms with Crippen molar-refractivity contribution in [2.24, 2.45) is 5.92 Å². The molecule has 1 atom stereocenters. The Kier molecular flexibility index (Phi) is 10.6. The van der Waals surface area contributed by atoms with Crippen molar-refractivity contribution in [3.8, 4) is 5.75 Å². The minimum absolute atomic E-state index is 0.136. The van der Waals surface area contributed by atoms with Crippen molar-refractivity contribution >= 4 is 11.9 Å². The van der Waals surface area contributed by atoms with E-state index in [2.05, 4.69) is 0 Å². The number of phenols is 1. The Bertz CT molecular complexity index is 813. The third-order valence-corrected chi connectivity index (χ3v) is 5.35. The van der Waals surface area contributed by atoms with Crippen LogP contribution in [0.5, 0.6) is 5.75 Å². The lowest BCUT2D eigenvalue weighted by Gasteiger charge is -2.18. The van der Waals surface area contributed by atoms with Crippen LogP contribution in [0.1, 0.15) is 67.4 Å². The molecule has 0 radical (unpaired) electrons. The van der Waals surface area contributed by atoms with E-state index in [1.165, 1.54) is 5.56 Å². The number of aromatic hydroxyl groups is 1. The summed E-state index contributed by atoms with van der Waals surface area (Å²) in [6.07, 6.45) is 5.84. The van der Waals surface area contributed by atoms with E-state index in [1.54, 1.807) is 13.0 Å². The molecular formula is C26H34O5. The van der Waals surface area contributed by atoms with Crippen molar-refractivity contribution in [3.05, 3.63) is 65.2 Å². The molecule has 5 heteroatoms. The van der Waals surface area contributed by atoms with Gasteiger partial charge >= 0.3 is 11.9 Å². The number of aryl methyl sites for hydroxylation is 1. The van der Waals surface area contributed by atoms with Crippen LogP contribution in [0.15, 0.2) is 48.5 Å². The molecule has 0 aliphatic rings. The number of carbonyl (C=O) groups excluding carboxylic acids is 2. The second-order valence-corrected chi connectivity index (χ2v) is 7.71. The largest absolute Gasteiger partial charge is 0.508 e. The molecule has 5 nitrogen and oxygen atoms in total. The van der Waals surface area contributed by atoms with Crippen LogP contribution in [-0.4, -0.2) is 30.3 Å². The average molecular weight is 427 g/mol. The van der Waals surface area contributed by atoms with Gasteiger partial charge in [0.15, 0.2) is 0 Å². The number of rotatable bonds is 13. The van der Waals surface area contributed by atoms with Gasteiger partial charge in [0, 0.05) is 6.42 Å². The van der Waals surface area contributed by atoms with Crippen LogP contribution in [0.2, 0.25) is 0 Å². The van der Waals surface area contributed by atoms with Gasteiger partial charge < -0.3 is 14.6 Å². The van der Waals surface area contributed by atoms with E-state index in [0.29, 0.717) is 36.9 Å². The predicted octanol–water partition coefficient (Wildman–Crippen LogP) is 5.48. The van der Waals surface area contributed by atoms with Crippen molar-refractivity contribution in [1.82, 2.24) is 0 Å². The fourth-order valence-corrected chi connectivity index (χ4v) is 3.69. The van der Waals surface area contributed by atoms with Gasteiger partial charge in [-0.25, -0.2) is 4.79 Å². The van der Waals surface area contributed by atoms with E-state index >= 15 is 0 Å². The zero-order valence-electron chi connectivity index (χ0n) is 18.6. The highest BCUT2D eigenvalue weighted by Gasteiger charge is 2.13. The molecule has 2 aromatic carbocycles. The maximum Gasteiger partial charge on any atom is 0.338 e. The second-order valence-electron chi connectivity index (χ2n) is 7.71. The highest BCUT2D eigenvalue weighted by molar-refractivity contribution is 5.89. The summed E-state index contributed by atoms with van der Waals surface area (Å²) in [7, 11) is 0. The van der Waals surface area contributed by atoms with Crippen LogP contribution >= 0.6 is 0 Å². The van der Waals surface area contributed by atoms with Gasteiger partial charge in [0.1, 0.15) is 5.75 Å². The SMILES string of the molecule is CCOC(=O)CCCCC(CCc1ccccc1O)Cc1ccc(C(=O)OCC)cc1. The Morgan fingerprint density at radius 3 is 2.29 bits per heavy atom. The maximum atomic E-state index is 11.9. The molecule has 0 fully saturated rings. The summed E-state index contributed by atoms with van der Waals surface area (Å²) in [5, 5.41) is 10.1. The molecule has 0 heterocycles. The summed E-state index contributed by atoms with van der Waals surface area (Å²) in [5.41, 5.74) is 2.68. The van der Waals surface area contributed by atoms with Crippen LogP contribution in [-0.2, 0) is 27.1 Å². The summed E-state index contributed by atoms with van der Waals surface area (Å²) in [4.78, 5) is 23.4. The van der Waals surface area contributed by atoms with E-state index in [9.17, 15) is 14.7 Å². The van der Waals surface area contributed by atoms with Crippen LogP contribution in [0.4, 0.5) is 0 Å². The van der Waals surface area contributed by atoms with Crippen LogP contribution < -0.4 is 0 Å². The highest BCUT2D eigenvalue weighted by atomic mass is 16.5. The summed E-state index contributed by atoms with van der Waals surface area (Å²) in [5.74, 6) is 0.310. The van der Waals surface area contributed by atoms with Gasteiger partial charge in [-0.05, 0) is 74.8 Å². The number of hydrogen-bond acceptors (Lipinski definition) is 5. The van der Waals surface area contributed by atoms with E-state index in [0.717, 1.165) is 44.1 Å². The normalized spacial score (nSPS) is 11.7. The third-order valence-electron chi connectivity index (χ3n) is 5.35. The first-order valence-corrected chi connectivity index (χ1v) is 11.2. The predicted molar refractivity (Wildman–Crippen MR) is 121 cm³/mol. The standard InChI is InChI=1S/C26H34O5/c1-3-30-25(28)12-8-5-9-20(13-16-22-10-6-7-11-24(22)27)19-21-14-17-23(18-15-21)26(29)31-4-2/h6-7,10-11,14-15,17-18,20,27H,3-5,8-9,12-13,16,19H2,1-2H3. The number of benzene rings is 2. The molecule has 1 N–H and O–H groups in total. The second kappa shape index (κ2) is 13.5.